The number of fused-ring (bicyclic) bond motifs is 1. The quantitative estimate of drug-likeness (QED) is 0.510. The molecule has 0 atom stereocenters. The Kier molecular flexibility index (Phi) is 4.86. The van der Waals surface area contributed by atoms with Crippen LogP contribution in [0.4, 0.5) is 10.1 Å². The van der Waals surface area contributed by atoms with Gasteiger partial charge in [-0.3, -0.25) is 9.36 Å². The van der Waals surface area contributed by atoms with E-state index < -0.39 is 0 Å². The number of carbonyl (C=O) groups excluding carboxylic acids is 1. The van der Waals surface area contributed by atoms with Crippen LogP contribution in [-0.4, -0.2) is 51.5 Å². The molecule has 0 aliphatic carbocycles. The van der Waals surface area contributed by atoms with Crippen molar-refractivity contribution in [2.75, 3.05) is 31.1 Å². The number of anilines is 1. The normalized spacial score (nSPS) is 14.3. The van der Waals surface area contributed by atoms with Crippen molar-refractivity contribution in [2.45, 2.75) is 6.92 Å². The van der Waals surface area contributed by atoms with E-state index in [1.54, 1.807) is 18.3 Å². The van der Waals surface area contributed by atoms with E-state index in [4.69, 9.17) is 0 Å². The van der Waals surface area contributed by atoms with Crippen LogP contribution in [0.2, 0.25) is 0 Å². The molecule has 5 rings (SSSR count). The number of rotatable bonds is 3. The standard InChI is InChI=1S/C24H22FN5O/c1-17-27-22-6-3-11-26-23(22)30(17)21-5-2-4-18(16-21)24(31)29-14-12-28(13-15-29)20-9-7-19(25)8-10-20/h2-11,16H,12-15H2,1H3. The van der Waals surface area contributed by atoms with E-state index in [0.29, 0.717) is 31.7 Å². The van der Waals surface area contributed by atoms with E-state index in [2.05, 4.69) is 14.9 Å². The SMILES string of the molecule is Cc1nc2cccnc2n1-c1cccc(C(=O)N2CCN(c3ccc(F)cc3)CC2)c1. The minimum Gasteiger partial charge on any atom is -0.368 e. The molecule has 6 nitrogen and oxygen atoms in total. The third-order valence-corrected chi connectivity index (χ3v) is 5.69. The zero-order valence-corrected chi connectivity index (χ0v) is 17.2. The van der Waals surface area contributed by atoms with Crippen LogP contribution in [-0.2, 0) is 0 Å². The molecule has 0 saturated carbocycles. The summed E-state index contributed by atoms with van der Waals surface area (Å²) < 4.78 is 15.1. The van der Waals surface area contributed by atoms with Crippen molar-refractivity contribution >= 4 is 22.8 Å². The molecule has 0 radical (unpaired) electrons. The first-order valence-corrected chi connectivity index (χ1v) is 10.3. The third kappa shape index (κ3) is 3.63. The fourth-order valence-corrected chi connectivity index (χ4v) is 4.11. The first-order chi connectivity index (χ1) is 15.1. The molecule has 0 spiro atoms. The molecule has 7 heteroatoms. The maximum absolute atomic E-state index is 13.2. The second-order valence-electron chi connectivity index (χ2n) is 7.65. The minimum atomic E-state index is -0.242. The van der Waals surface area contributed by atoms with Gasteiger partial charge in [0.1, 0.15) is 17.2 Å². The van der Waals surface area contributed by atoms with E-state index in [9.17, 15) is 9.18 Å². The summed E-state index contributed by atoms with van der Waals surface area (Å²) >= 11 is 0. The van der Waals surface area contributed by atoms with Gasteiger partial charge in [-0.25, -0.2) is 14.4 Å². The Labute approximate surface area is 179 Å². The number of aryl methyl sites for hydroxylation is 1. The average Bonchev–Trinajstić information content (AvgIpc) is 3.15. The van der Waals surface area contributed by atoms with E-state index in [0.717, 1.165) is 28.4 Å². The number of hydrogen-bond donors (Lipinski definition) is 0. The molecule has 3 heterocycles. The molecule has 1 aliphatic heterocycles. The lowest BCUT2D eigenvalue weighted by atomic mass is 10.1. The number of benzene rings is 2. The van der Waals surface area contributed by atoms with Crippen LogP contribution in [0.25, 0.3) is 16.9 Å². The topological polar surface area (TPSA) is 54.3 Å². The maximum Gasteiger partial charge on any atom is 0.254 e. The van der Waals surface area contributed by atoms with Gasteiger partial charge >= 0.3 is 0 Å². The number of piperazine rings is 1. The Bertz CT molecular complexity index is 1240. The van der Waals surface area contributed by atoms with Crippen molar-refractivity contribution in [1.29, 1.82) is 0 Å². The fourth-order valence-electron chi connectivity index (χ4n) is 4.11. The van der Waals surface area contributed by atoms with Crippen molar-refractivity contribution in [3.05, 3.63) is 84.1 Å². The van der Waals surface area contributed by atoms with Gasteiger partial charge < -0.3 is 9.80 Å². The lowest BCUT2D eigenvalue weighted by Gasteiger charge is -2.36. The molecular formula is C24H22FN5O. The highest BCUT2D eigenvalue weighted by Gasteiger charge is 2.23. The monoisotopic (exact) mass is 415 g/mol. The van der Waals surface area contributed by atoms with Crippen LogP contribution >= 0.6 is 0 Å². The van der Waals surface area contributed by atoms with Crippen LogP contribution in [0.1, 0.15) is 16.2 Å². The first-order valence-electron chi connectivity index (χ1n) is 10.3. The van der Waals surface area contributed by atoms with E-state index in [1.807, 2.05) is 52.8 Å². The largest absolute Gasteiger partial charge is 0.368 e. The number of amides is 1. The Morgan fingerprint density at radius 2 is 1.71 bits per heavy atom. The highest BCUT2D eigenvalue weighted by atomic mass is 19.1. The molecule has 0 N–H and O–H groups in total. The van der Waals surface area contributed by atoms with Crippen LogP contribution in [0.15, 0.2) is 66.9 Å². The number of aromatic nitrogens is 3. The third-order valence-electron chi connectivity index (χ3n) is 5.69. The summed E-state index contributed by atoms with van der Waals surface area (Å²) in [5, 5.41) is 0. The van der Waals surface area contributed by atoms with Gasteiger partial charge in [0.15, 0.2) is 5.65 Å². The fraction of sp³-hybridized carbons (Fsp3) is 0.208. The van der Waals surface area contributed by atoms with E-state index in [-0.39, 0.29) is 11.7 Å². The van der Waals surface area contributed by atoms with E-state index >= 15 is 0 Å². The summed E-state index contributed by atoms with van der Waals surface area (Å²) in [6, 6.07) is 17.9. The number of pyridine rings is 1. The predicted octanol–water partition coefficient (Wildman–Crippen LogP) is 3.83. The maximum atomic E-state index is 13.2. The van der Waals surface area contributed by atoms with Crippen molar-refractivity contribution in [3.8, 4) is 5.69 Å². The van der Waals surface area contributed by atoms with Crippen LogP contribution in [0, 0.1) is 12.7 Å². The van der Waals surface area contributed by atoms with Crippen LogP contribution in [0.3, 0.4) is 0 Å². The van der Waals surface area contributed by atoms with Crippen molar-refractivity contribution < 1.29 is 9.18 Å². The highest BCUT2D eigenvalue weighted by molar-refractivity contribution is 5.95. The van der Waals surface area contributed by atoms with E-state index in [1.165, 1.54) is 12.1 Å². The molecule has 1 fully saturated rings. The molecule has 0 bridgehead atoms. The number of halogens is 1. The smallest absolute Gasteiger partial charge is 0.254 e. The summed E-state index contributed by atoms with van der Waals surface area (Å²) in [5.74, 6) is 0.593. The molecule has 0 unspecified atom stereocenters. The van der Waals surface area contributed by atoms with Gasteiger partial charge in [0.05, 0.1) is 0 Å². The molecule has 1 amide bonds. The van der Waals surface area contributed by atoms with Gasteiger partial charge in [-0.05, 0) is 61.5 Å². The molecule has 2 aromatic heterocycles. The van der Waals surface area contributed by atoms with Gasteiger partial charge in [-0.15, -0.1) is 0 Å². The van der Waals surface area contributed by atoms with Gasteiger partial charge in [-0.1, -0.05) is 6.07 Å². The number of hydrogen-bond acceptors (Lipinski definition) is 4. The molecular weight excluding hydrogens is 393 g/mol. The van der Waals surface area contributed by atoms with Gasteiger partial charge in [0.2, 0.25) is 0 Å². The Hall–Kier alpha value is -3.74. The summed E-state index contributed by atoms with van der Waals surface area (Å²) in [5.41, 5.74) is 4.09. The van der Waals surface area contributed by atoms with Crippen molar-refractivity contribution in [1.82, 2.24) is 19.4 Å². The Morgan fingerprint density at radius 1 is 0.935 bits per heavy atom. The van der Waals surface area contributed by atoms with Gasteiger partial charge in [0, 0.05) is 49.3 Å². The zero-order valence-electron chi connectivity index (χ0n) is 17.2. The van der Waals surface area contributed by atoms with Crippen LogP contribution in [0.5, 0.6) is 0 Å². The summed E-state index contributed by atoms with van der Waals surface area (Å²) in [7, 11) is 0. The second-order valence-corrected chi connectivity index (χ2v) is 7.65. The second kappa shape index (κ2) is 7.83. The summed E-state index contributed by atoms with van der Waals surface area (Å²) in [6.07, 6.45) is 1.75. The molecule has 1 aliphatic rings. The lowest BCUT2D eigenvalue weighted by molar-refractivity contribution is 0.0746. The molecule has 4 aromatic rings. The first kappa shape index (κ1) is 19.2. The predicted molar refractivity (Wildman–Crippen MR) is 118 cm³/mol. The number of carbonyl (C=O) groups is 1. The molecule has 156 valence electrons. The van der Waals surface area contributed by atoms with Crippen molar-refractivity contribution in [3.63, 3.8) is 0 Å². The number of imidazole rings is 1. The molecule has 31 heavy (non-hydrogen) atoms. The van der Waals surface area contributed by atoms with Gasteiger partial charge in [0.25, 0.3) is 5.91 Å². The Morgan fingerprint density at radius 3 is 2.48 bits per heavy atom. The Balaban J connectivity index is 1.35. The molecule has 1 saturated heterocycles. The highest BCUT2D eigenvalue weighted by Crippen LogP contribution is 2.22. The summed E-state index contributed by atoms with van der Waals surface area (Å²) in [6.45, 7) is 4.60. The number of nitrogens with zero attached hydrogens (tertiary/aromatic N) is 5. The van der Waals surface area contributed by atoms with Crippen molar-refractivity contribution in [2.24, 2.45) is 0 Å². The van der Waals surface area contributed by atoms with Crippen LogP contribution < -0.4 is 4.90 Å². The minimum absolute atomic E-state index is 0.00985. The molecule has 2 aromatic carbocycles. The van der Waals surface area contributed by atoms with Gasteiger partial charge in [-0.2, -0.15) is 0 Å². The zero-order chi connectivity index (χ0) is 21.4. The summed E-state index contributed by atoms with van der Waals surface area (Å²) in [4.78, 5) is 26.3. The average molecular weight is 415 g/mol. The lowest BCUT2D eigenvalue weighted by Crippen LogP contribution is -2.48.